The molecule has 0 amide bonds. The Bertz CT molecular complexity index is 1520. The predicted molar refractivity (Wildman–Crippen MR) is 166 cm³/mol. The maximum atomic E-state index is 5.41. The topological polar surface area (TPSA) is 44.6 Å². The van der Waals surface area contributed by atoms with E-state index in [1.807, 2.05) is 18.2 Å². The molecule has 2 aliphatic heterocycles. The Labute approximate surface area is 238 Å². The molecule has 0 N–H and O–H groups in total. The van der Waals surface area contributed by atoms with Gasteiger partial charge in [-0.15, -0.1) is 0 Å². The lowest BCUT2D eigenvalue weighted by molar-refractivity contribution is 0.0528. The third kappa shape index (κ3) is 3.63. The zero-order chi connectivity index (χ0) is 28.5. The van der Waals surface area contributed by atoms with Crippen molar-refractivity contribution >= 4 is 11.9 Å². The molecule has 0 radical (unpaired) electrons. The summed E-state index contributed by atoms with van der Waals surface area (Å²) in [4.78, 5) is 21.0. The van der Waals surface area contributed by atoms with Gasteiger partial charge in [-0.05, 0) is 61.0 Å². The molecule has 0 aliphatic carbocycles. The molecular weight excluding hydrogens is 490 g/mol. The van der Waals surface area contributed by atoms with Gasteiger partial charge in [-0.2, -0.15) is 0 Å². The minimum Gasteiger partial charge on any atom is -0.327 e. The van der Waals surface area contributed by atoms with Gasteiger partial charge in [0.1, 0.15) is 0 Å². The summed E-state index contributed by atoms with van der Waals surface area (Å²) >= 11 is 0. The van der Waals surface area contributed by atoms with Crippen molar-refractivity contribution in [3.63, 3.8) is 0 Å². The quantitative estimate of drug-likeness (QED) is 0.268. The van der Waals surface area contributed by atoms with Gasteiger partial charge < -0.3 is 4.90 Å². The van der Waals surface area contributed by atoms with Crippen LogP contribution in [0.25, 0.3) is 33.6 Å². The molecule has 3 heterocycles. The van der Waals surface area contributed by atoms with Crippen LogP contribution in [0.2, 0.25) is 0 Å². The maximum Gasteiger partial charge on any atom is 0.234 e. The number of rotatable bonds is 4. The molecule has 5 heteroatoms. The second-order valence-corrected chi connectivity index (χ2v) is 13.0. The van der Waals surface area contributed by atoms with Gasteiger partial charge >= 0.3 is 0 Å². The molecule has 3 aromatic carbocycles. The summed E-state index contributed by atoms with van der Waals surface area (Å²) in [5.74, 6) is 1.61. The van der Waals surface area contributed by atoms with Crippen molar-refractivity contribution in [1.29, 1.82) is 0 Å². The molecule has 0 unspecified atom stereocenters. The Hall–Kier alpha value is -3.99. The third-order valence-electron chi connectivity index (χ3n) is 9.71. The SMILES string of the molecule is CC1(C)N=C2N(c3nc(-c4ccccc4)c(-c4ccccc4)c(-c4ccccc4)n3)C(C)(C)C(C)(C)N2C1(C)C. The van der Waals surface area contributed by atoms with Gasteiger partial charge in [-0.3, -0.25) is 4.90 Å². The molecule has 4 aromatic rings. The second kappa shape index (κ2) is 8.76. The van der Waals surface area contributed by atoms with Crippen LogP contribution in [0.4, 0.5) is 5.95 Å². The summed E-state index contributed by atoms with van der Waals surface area (Å²) in [6, 6.07) is 31.4. The molecule has 40 heavy (non-hydrogen) atoms. The zero-order valence-electron chi connectivity index (χ0n) is 24.9. The van der Waals surface area contributed by atoms with Crippen LogP contribution in [-0.4, -0.2) is 43.0 Å². The van der Waals surface area contributed by atoms with Crippen LogP contribution in [-0.2, 0) is 0 Å². The molecule has 1 aromatic heterocycles. The number of benzene rings is 3. The van der Waals surface area contributed by atoms with Gasteiger partial charge in [0.2, 0.25) is 11.9 Å². The normalized spacial score (nSPS) is 19.9. The lowest BCUT2D eigenvalue weighted by atomic mass is 9.76. The Morgan fingerprint density at radius 1 is 0.500 bits per heavy atom. The molecule has 2 aliphatic rings. The molecule has 204 valence electrons. The molecule has 5 nitrogen and oxygen atoms in total. The smallest absolute Gasteiger partial charge is 0.234 e. The van der Waals surface area contributed by atoms with E-state index in [4.69, 9.17) is 15.0 Å². The summed E-state index contributed by atoms with van der Waals surface area (Å²) in [5, 5.41) is 0. The summed E-state index contributed by atoms with van der Waals surface area (Å²) in [6.07, 6.45) is 0. The standard InChI is InChI=1S/C35H39N5/c1-32(2)33(3,4)40-31(38-32)39(34(5,6)35(40,7)8)30-36-28(25-20-14-10-15-21-25)27(24-18-12-9-13-19-24)29(37-30)26-22-16-11-17-23-26/h9-23H,1-8H3. The number of fused-ring (bicyclic) bond motifs is 1. The van der Waals surface area contributed by atoms with E-state index in [1.54, 1.807) is 0 Å². The highest BCUT2D eigenvalue weighted by atomic mass is 15.6. The first-order chi connectivity index (χ1) is 18.9. The minimum absolute atomic E-state index is 0.188. The summed E-state index contributed by atoms with van der Waals surface area (Å²) in [7, 11) is 0. The lowest BCUT2D eigenvalue weighted by Crippen LogP contribution is -2.63. The van der Waals surface area contributed by atoms with Crippen LogP contribution >= 0.6 is 0 Å². The molecule has 1 saturated heterocycles. The average molecular weight is 530 g/mol. The highest BCUT2D eigenvalue weighted by molar-refractivity contribution is 6.03. The Morgan fingerprint density at radius 2 is 0.925 bits per heavy atom. The molecule has 0 atom stereocenters. The number of guanidine groups is 1. The van der Waals surface area contributed by atoms with Crippen molar-refractivity contribution in [3.8, 4) is 33.6 Å². The molecule has 0 bridgehead atoms. The number of aliphatic imine (C=N–C) groups is 1. The van der Waals surface area contributed by atoms with Crippen molar-refractivity contribution in [2.24, 2.45) is 4.99 Å². The monoisotopic (exact) mass is 529 g/mol. The van der Waals surface area contributed by atoms with Crippen LogP contribution in [0, 0.1) is 0 Å². The number of anilines is 1. The molecule has 1 fully saturated rings. The van der Waals surface area contributed by atoms with Gasteiger partial charge in [0.25, 0.3) is 0 Å². The van der Waals surface area contributed by atoms with E-state index in [1.165, 1.54) is 0 Å². The highest BCUT2D eigenvalue weighted by Gasteiger charge is 2.66. The second-order valence-electron chi connectivity index (χ2n) is 13.0. The fraction of sp³-hybridized carbons (Fsp3) is 0.343. The van der Waals surface area contributed by atoms with E-state index in [9.17, 15) is 0 Å². The van der Waals surface area contributed by atoms with Gasteiger partial charge in [-0.25, -0.2) is 15.0 Å². The van der Waals surface area contributed by atoms with E-state index in [-0.39, 0.29) is 22.2 Å². The molecular formula is C35H39N5. The average Bonchev–Trinajstić information content (AvgIpc) is 3.22. The van der Waals surface area contributed by atoms with Crippen LogP contribution in [0.5, 0.6) is 0 Å². The Kier molecular flexibility index (Phi) is 5.74. The van der Waals surface area contributed by atoms with Crippen molar-refractivity contribution in [2.75, 3.05) is 4.90 Å². The van der Waals surface area contributed by atoms with E-state index in [0.717, 1.165) is 39.6 Å². The molecule has 0 spiro atoms. The molecule has 6 rings (SSSR count). The van der Waals surface area contributed by atoms with Gasteiger partial charge in [0, 0.05) is 16.7 Å². The fourth-order valence-electron chi connectivity index (χ4n) is 6.23. The minimum atomic E-state index is -0.338. The largest absolute Gasteiger partial charge is 0.327 e. The van der Waals surface area contributed by atoms with Crippen LogP contribution < -0.4 is 4.90 Å². The van der Waals surface area contributed by atoms with Crippen LogP contribution in [0.3, 0.4) is 0 Å². The Morgan fingerprint density at radius 3 is 1.38 bits per heavy atom. The number of hydrogen-bond donors (Lipinski definition) is 0. The lowest BCUT2D eigenvalue weighted by Gasteiger charge is -2.50. The number of aromatic nitrogens is 2. The van der Waals surface area contributed by atoms with Crippen LogP contribution in [0.1, 0.15) is 55.4 Å². The third-order valence-corrected chi connectivity index (χ3v) is 9.71. The number of nitrogens with zero attached hydrogens (tertiary/aromatic N) is 5. The van der Waals surface area contributed by atoms with E-state index >= 15 is 0 Å². The summed E-state index contributed by atoms with van der Waals surface area (Å²) in [5.41, 5.74) is 5.04. The fourth-order valence-corrected chi connectivity index (χ4v) is 6.23. The van der Waals surface area contributed by atoms with E-state index in [2.05, 4.69) is 138 Å². The van der Waals surface area contributed by atoms with Crippen molar-refractivity contribution < 1.29 is 0 Å². The first kappa shape index (κ1) is 26.2. The van der Waals surface area contributed by atoms with Gasteiger partial charge in [0.05, 0.1) is 33.5 Å². The first-order valence-electron chi connectivity index (χ1n) is 14.2. The summed E-state index contributed by atoms with van der Waals surface area (Å²) < 4.78 is 0. The zero-order valence-corrected chi connectivity index (χ0v) is 24.9. The van der Waals surface area contributed by atoms with Crippen LogP contribution in [0.15, 0.2) is 96.0 Å². The predicted octanol–water partition coefficient (Wildman–Crippen LogP) is 8.08. The maximum absolute atomic E-state index is 5.41. The van der Waals surface area contributed by atoms with Gasteiger partial charge in [0.15, 0.2) is 0 Å². The first-order valence-corrected chi connectivity index (χ1v) is 14.2. The van der Waals surface area contributed by atoms with Crippen molar-refractivity contribution in [2.45, 2.75) is 77.5 Å². The van der Waals surface area contributed by atoms with Gasteiger partial charge in [-0.1, -0.05) is 91.0 Å². The van der Waals surface area contributed by atoms with E-state index in [0.29, 0.717) is 5.95 Å². The summed E-state index contributed by atoms with van der Waals surface area (Å²) in [6.45, 7) is 18.3. The number of hydrogen-bond acceptors (Lipinski definition) is 5. The molecule has 0 saturated carbocycles. The Balaban J connectivity index is 1.70. The highest BCUT2D eigenvalue weighted by Crippen LogP contribution is 2.53. The van der Waals surface area contributed by atoms with E-state index < -0.39 is 0 Å². The van der Waals surface area contributed by atoms with Crippen molar-refractivity contribution in [3.05, 3.63) is 91.0 Å². The van der Waals surface area contributed by atoms with Crippen molar-refractivity contribution in [1.82, 2.24) is 14.9 Å².